The lowest BCUT2D eigenvalue weighted by molar-refractivity contribution is -0.121. The van der Waals surface area contributed by atoms with Gasteiger partial charge < -0.3 is 10.6 Å². The number of carbonyl (C=O) groups is 1. The molecule has 0 aliphatic carbocycles. The van der Waals surface area contributed by atoms with Gasteiger partial charge in [-0.1, -0.05) is 0 Å². The number of aromatic nitrogens is 1. The lowest BCUT2D eigenvalue weighted by Crippen LogP contribution is -2.48. The summed E-state index contributed by atoms with van der Waals surface area (Å²) in [5, 5.41) is 6.04. The van der Waals surface area contributed by atoms with Gasteiger partial charge in [0.1, 0.15) is 4.90 Å². The van der Waals surface area contributed by atoms with Crippen molar-refractivity contribution >= 4 is 15.9 Å². The van der Waals surface area contributed by atoms with Gasteiger partial charge in [-0.05, 0) is 31.5 Å². The zero-order chi connectivity index (χ0) is 15.3. The Hall–Kier alpha value is -1.51. The molecule has 1 amide bonds. The molecule has 0 aromatic carbocycles. The highest BCUT2D eigenvalue weighted by atomic mass is 32.2. The van der Waals surface area contributed by atoms with Crippen LogP contribution >= 0.6 is 0 Å². The molecule has 2 heterocycles. The van der Waals surface area contributed by atoms with Crippen LogP contribution < -0.4 is 10.6 Å². The molecule has 1 saturated heterocycles. The van der Waals surface area contributed by atoms with E-state index in [0.717, 1.165) is 30.2 Å². The van der Waals surface area contributed by atoms with Gasteiger partial charge in [-0.2, -0.15) is 4.31 Å². The molecule has 1 atom stereocenters. The topological polar surface area (TPSA) is 91.4 Å². The maximum absolute atomic E-state index is 12.3. The van der Waals surface area contributed by atoms with Crippen LogP contribution in [0, 0.1) is 0 Å². The summed E-state index contributed by atoms with van der Waals surface area (Å²) in [7, 11) is -2.29. The van der Waals surface area contributed by atoms with Crippen molar-refractivity contribution < 1.29 is 13.2 Å². The van der Waals surface area contributed by atoms with Gasteiger partial charge in [-0.25, -0.2) is 8.42 Å². The molecule has 0 unspecified atom stereocenters. The predicted octanol–water partition coefficient (Wildman–Crippen LogP) is -0.430. The minimum atomic E-state index is -3.68. The lowest BCUT2D eigenvalue weighted by Gasteiger charge is -2.25. The summed E-state index contributed by atoms with van der Waals surface area (Å²) >= 11 is 0. The van der Waals surface area contributed by atoms with Crippen LogP contribution in [0.5, 0.6) is 0 Å². The van der Waals surface area contributed by atoms with E-state index in [1.165, 1.54) is 25.5 Å². The molecule has 0 radical (unpaired) electrons. The predicted molar refractivity (Wildman–Crippen MR) is 78.1 cm³/mol. The van der Waals surface area contributed by atoms with Crippen molar-refractivity contribution in [3.05, 3.63) is 24.5 Å². The standard InChI is InChI=1S/C13H20N4O3S/c1-17(21(19,20)12-5-3-7-15-9-12)10-13(18)16-11-4-2-6-14-8-11/h3,5,7,9,11,14H,2,4,6,8,10H2,1H3,(H,16,18)/t11-/m0/s1. The second-order valence-electron chi connectivity index (χ2n) is 5.06. The molecule has 116 valence electrons. The van der Waals surface area contributed by atoms with Gasteiger partial charge in [0.15, 0.2) is 0 Å². The highest BCUT2D eigenvalue weighted by Crippen LogP contribution is 2.11. The number of piperidine rings is 1. The Kier molecular flexibility index (Phi) is 5.27. The first-order chi connectivity index (χ1) is 10.00. The first-order valence-electron chi connectivity index (χ1n) is 6.86. The largest absolute Gasteiger partial charge is 0.351 e. The molecule has 8 heteroatoms. The minimum absolute atomic E-state index is 0.0701. The summed E-state index contributed by atoms with van der Waals surface area (Å²) in [6.45, 7) is 1.49. The molecule has 0 saturated carbocycles. The smallest absolute Gasteiger partial charge is 0.244 e. The Morgan fingerprint density at radius 3 is 3.00 bits per heavy atom. The number of hydrogen-bond acceptors (Lipinski definition) is 5. The molecule has 2 N–H and O–H groups in total. The number of carbonyl (C=O) groups excluding carboxylic acids is 1. The molecular formula is C13H20N4O3S. The summed E-state index contributed by atoms with van der Waals surface area (Å²) in [5.41, 5.74) is 0. The van der Waals surface area contributed by atoms with Crippen molar-refractivity contribution in [2.75, 3.05) is 26.7 Å². The first kappa shape index (κ1) is 15.9. The van der Waals surface area contributed by atoms with Gasteiger partial charge in [0.2, 0.25) is 15.9 Å². The Morgan fingerprint density at radius 1 is 1.57 bits per heavy atom. The molecule has 2 rings (SSSR count). The number of nitrogens with one attached hydrogen (secondary N) is 2. The number of sulfonamides is 1. The summed E-state index contributed by atoms with van der Waals surface area (Å²) in [5.74, 6) is -0.293. The average molecular weight is 312 g/mol. The van der Waals surface area contributed by atoms with Crippen LogP contribution in [0.2, 0.25) is 0 Å². The van der Waals surface area contributed by atoms with Gasteiger partial charge in [0.25, 0.3) is 0 Å². The third kappa shape index (κ3) is 4.23. The molecule has 1 aliphatic rings. The van der Waals surface area contributed by atoms with Crippen LogP contribution in [0.25, 0.3) is 0 Å². The normalized spacial score (nSPS) is 19.4. The first-order valence-corrected chi connectivity index (χ1v) is 8.30. The second-order valence-corrected chi connectivity index (χ2v) is 7.11. The Morgan fingerprint density at radius 2 is 2.38 bits per heavy atom. The van der Waals surface area contributed by atoms with Crippen LogP contribution in [0.15, 0.2) is 29.4 Å². The van der Waals surface area contributed by atoms with E-state index in [9.17, 15) is 13.2 Å². The fraction of sp³-hybridized carbons (Fsp3) is 0.538. The third-order valence-corrected chi connectivity index (χ3v) is 5.16. The third-order valence-electron chi connectivity index (χ3n) is 3.37. The molecule has 7 nitrogen and oxygen atoms in total. The maximum atomic E-state index is 12.3. The van der Waals surface area contributed by atoms with Crippen molar-refractivity contribution in [2.24, 2.45) is 0 Å². The number of hydrogen-bond donors (Lipinski definition) is 2. The average Bonchev–Trinajstić information content (AvgIpc) is 2.49. The number of rotatable bonds is 5. The van der Waals surface area contributed by atoms with E-state index in [2.05, 4.69) is 15.6 Å². The SMILES string of the molecule is CN(CC(=O)N[C@H]1CCCNC1)S(=O)(=O)c1cccnc1. The fourth-order valence-corrected chi connectivity index (χ4v) is 3.31. The summed E-state index contributed by atoms with van der Waals surface area (Å²) in [4.78, 5) is 15.8. The van der Waals surface area contributed by atoms with Gasteiger partial charge in [0, 0.05) is 32.0 Å². The lowest BCUT2D eigenvalue weighted by atomic mass is 10.1. The van der Waals surface area contributed by atoms with E-state index >= 15 is 0 Å². The van der Waals surface area contributed by atoms with Gasteiger partial charge in [0.05, 0.1) is 6.54 Å². The zero-order valence-corrected chi connectivity index (χ0v) is 12.8. The fourth-order valence-electron chi connectivity index (χ4n) is 2.22. The number of nitrogens with zero attached hydrogens (tertiary/aromatic N) is 2. The van der Waals surface area contributed by atoms with Crippen LogP contribution in [0.4, 0.5) is 0 Å². The van der Waals surface area contributed by atoms with E-state index in [-0.39, 0.29) is 23.4 Å². The molecule has 1 aromatic rings. The van der Waals surface area contributed by atoms with Gasteiger partial charge in [-0.15, -0.1) is 0 Å². The van der Waals surface area contributed by atoms with Crippen molar-refractivity contribution in [2.45, 2.75) is 23.8 Å². The van der Waals surface area contributed by atoms with E-state index in [1.807, 2.05) is 0 Å². The Bertz CT molecular complexity index is 570. The van der Waals surface area contributed by atoms with Crippen molar-refractivity contribution in [3.63, 3.8) is 0 Å². The van der Waals surface area contributed by atoms with Crippen molar-refractivity contribution in [3.8, 4) is 0 Å². The molecule has 0 bridgehead atoms. The molecule has 21 heavy (non-hydrogen) atoms. The van der Waals surface area contributed by atoms with E-state index < -0.39 is 10.0 Å². The molecular weight excluding hydrogens is 292 g/mol. The van der Waals surface area contributed by atoms with Crippen LogP contribution in [0.1, 0.15) is 12.8 Å². The van der Waals surface area contributed by atoms with E-state index in [0.29, 0.717) is 0 Å². The highest BCUT2D eigenvalue weighted by molar-refractivity contribution is 7.89. The monoisotopic (exact) mass is 312 g/mol. The summed E-state index contributed by atoms with van der Waals surface area (Å²) in [6, 6.07) is 3.08. The minimum Gasteiger partial charge on any atom is -0.351 e. The quantitative estimate of drug-likeness (QED) is 0.770. The number of amides is 1. The van der Waals surface area contributed by atoms with Crippen molar-refractivity contribution in [1.82, 2.24) is 19.9 Å². The van der Waals surface area contributed by atoms with Gasteiger partial charge in [-0.3, -0.25) is 9.78 Å². The Balaban J connectivity index is 1.94. The molecule has 1 aliphatic heterocycles. The number of likely N-dealkylation sites (N-methyl/N-ethyl adjacent to an activating group) is 1. The molecule has 1 fully saturated rings. The highest BCUT2D eigenvalue weighted by Gasteiger charge is 2.24. The van der Waals surface area contributed by atoms with Crippen LogP contribution in [-0.2, 0) is 14.8 Å². The van der Waals surface area contributed by atoms with Crippen LogP contribution in [0.3, 0.4) is 0 Å². The van der Waals surface area contributed by atoms with Crippen molar-refractivity contribution in [1.29, 1.82) is 0 Å². The Labute approximate surface area is 124 Å². The second kappa shape index (κ2) is 6.97. The van der Waals surface area contributed by atoms with E-state index in [4.69, 9.17) is 0 Å². The van der Waals surface area contributed by atoms with Crippen LogP contribution in [-0.4, -0.2) is 56.3 Å². The maximum Gasteiger partial charge on any atom is 0.244 e. The number of pyridine rings is 1. The van der Waals surface area contributed by atoms with E-state index in [1.54, 1.807) is 6.07 Å². The summed E-state index contributed by atoms with van der Waals surface area (Å²) in [6.07, 6.45) is 4.70. The van der Waals surface area contributed by atoms with Gasteiger partial charge >= 0.3 is 0 Å². The molecule has 1 aromatic heterocycles. The summed E-state index contributed by atoms with van der Waals surface area (Å²) < 4.78 is 25.5. The molecule has 0 spiro atoms. The zero-order valence-electron chi connectivity index (χ0n) is 11.9.